The van der Waals surface area contributed by atoms with Gasteiger partial charge >= 0.3 is 0 Å². The van der Waals surface area contributed by atoms with Crippen molar-refractivity contribution >= 4 is 41.0 Å². The summed E-state index contributed by atoms with van der Waals surface area (Å²) < 4.78 is 0. The first-order valence-corrected chi connectivity index (χ1v) is 6.92. The number of nitrogens with two attached hydrogens (primary N) is 1. The molecule has 0 aliphatic heterocycles. The number of carbonyl (C=O) groups is 2. The SMILES string of the molecule is NC(=NC(=O)CCO[N+](=O)[O-])NC(=O)Cc1c(Cl)cccc1Cl. The van der Waals surface area contributed by atoms with E-state index in [9.17, 15) is 19.7 Å². The van der Waals surface area contributed by atoms with Crippen molar-refractivity contribution in [3.05, 3.63) is 43.9 Å². The minimum absolute atomic E-state index is 0.159. The second-order valence-electron chi connectivity index (χ2n) is 4.12. The van der Waals surface area contributed by atoms with Gasteiger partial charge in [-0.2, -0.15) is 4.99 Å². The van der Waals surface area contributed by atoms with E-state index < -0.39 is 29.5 Å². The second kappa shape index (κ2) is 8.91. The molecule has 1 aromatic carbocycles. The predicted octanol–water partition coefficient (Wildman–Crippen LogP) is 1.09. The third-order valence-corrected chi connectivity index (χ3v) is 3.13. The van der Waals surface area contributed by atoms with Crippen molar-refractivity contribution in [2.45, 2.75) is 12.8 Å². The van der Waals surface area contributed by atoms with Gasteiger partial charge in [0.2, 0.25) is 11.9 Å². The zero-order chi connectivity index (χ0) is 17.4. The van der Waals surface area contributed by atoms with Gasteiger partial charge in [0.25, 0.3) is 11.0 Å². The van der Waals surface area contributed by atoms with Crippen LogP contribution in [0.1, 0.15) is 12.0 Å². The number of hydrogen-bond acceptors (Lipinski definition) is 5. The molecule has 0 spiro atoms. The molecule has 23 heavy (non-hydrogen) atoms. The van der Waals surface area contributed by atoms with Gasteiger partial charge in [0.15, 0.2) is 0 Å². The van der Waals surface area contributed by atoms with E-state index in [2.05, 4.69) is 15.1 Å². The first kappa shape index (κ1) is 18.7. The first-order valence-electron chi connectivity index (χ1n) is 6.16. The van der Waals surface area contributed by atoms with E-state index in [-0.39, 0.29) is 12.8 Å². The Morgan fingerprint density at radius 2 is 1.96 bits per heavy atom. The number of guanidine groups is 1. The molecule has 0 aliphatic rings. The molecular weight excluding hydrogens is 351 g/mol. The molecule has 1 rings (SSSR count). The van der Waals surface area contributed by atoms with E-state index in [1.165, 1.54) is 0 Å². The average molecular weight is 363 g/mol. The van der Waals surface area contributed by atoms with Crippen LogP contribution in [0.3, 0.4) is 0 Å². The fourth-order valence-corrected chi connectivity index (χ4v) is 2.01. The fourth-order valence-electron chi connectivity index (χ4n) is 1.47. The molecular formula is C12H12Cl2N4O5. The molecule has 0 saturated heterocycles. The third kappa shape index (κ3) is 6.94. The maximum Gasteiger partial charge on any atom is 0.294 e. The Hall–Kier alpha value is -2.39. The van der Waals surface area contributed by atoms with E-state index >= 15 is 0 Å². The van der Waals surface area contributed by atoms with E-state index in [0.717, 1.165) is 0 Å². The largest absolute Gasteiger partial charge is 0.369 e. The highest BCUT2D eigenvalue weighted by atomic mass is 35.5. The summed E-state index contributed by atoms with van der Waals surface area (Å²) in [7, 11) is 0. The number of benzene rings is 1. The second-order valence-corrected chi connectivity index (χ2v) is 4.94. The Labute approximate surface area is 140 Å². The fraction of sp³-hybridized carbons (Fsp3) is 0.250. The molecule has 3 N–H and O–H groups in total. The Morgan fingerprint density at radius 3 is 2.52 bits per heavy atom. The Morgan fingerprint density at radius 1 is 1.35 bits per heavy atom. The van der Waals surface area contributed by atoms with Crippen molar-refractivity contribution in [2.24, 2.45) is 10.7 Å². The lowest BCUT2D eigenvalue weighted by molar-refractivity contribution is -0.757. The standard InChI is InChI=1S/C12H12Cl2N4O5/c13-8-2-1-3-9(14)7(8)6-11(20)17-12(15)16-10(19)4-5-23-18(21)22/h1-3H,4-6H2,(H3,15,16,17,19,20). The molecule has 1 aromatic rings. The Balaban J connectivity index is 2.54. The maximum atomic E-state index is 11.8. The summed E-state index contributed by atoms with van der Waals surface area (Å²) in [6.07, 6.45) is -0.513. The summed E-state index contributed by atoms with van der Waals surface area (Å²) in [4.78, 5) is 40.3. The summed E-state index contributed by atoms with van der Waals surface area (Å²) in [5.74, 6) is -1.79. The molecule has 0 radical (unpaired) electrons. The summed E-state index contributed by atoms with van der Waals surface area (Å²) in [5.41, 5.74) is 5.80. The van der Waals surface area contributed by atoms with Gasteiger partial charge in [-0.3, -0.25) is 14.9 Å². The lowest BCUT2D eigenvalue weighted by atomic mass is 10.1. The molecule has 11 heteroatoms. The number of halogens is 2. The monoisotopic (exact) mass is 362 g/mol. The first-order chi connectivity index (χ1) is 10.8. The van der Waals surface area contributed by atoms with Crippen LogP contribution < -0.4 is 11.1 Å². The summed E-state index contributed by atoms with van der Waals surface area (Å²) in [5, 5.41) is 11.7. The number of nitrogens with zero attached hydrogens (tertiary/aromatic N) is 2. The van der Waals surface area contributed by atoms with Crippen LogP contribution in [0.4, 0.5) is 0 Å². The van der Waals surface area contributed by atoms with Crippen LogP contribution in [0.5, 0.6) is 0 Å². The van der Waals surface area contributed by atoms with Gasteiger partial charge in [-0.15, -0.1) is 10.1 Å². The lowest BCUT2D eigenvalue weighted by Gasteiger charge is -2.07. The van der Waals surface area contributed by atoms with E-state index in [1.807, 2.05) is 0 Å². The molecule has 2 amide bonds. The minimum atomic E-state index is -1.03. The average Bonchev–Trinajstić information content (AvgIpc) is 2.42. The molecule has 0 atom stereocenters. The van der Waals surface area contributed by atoms with Crippen molar-refractivity contribution in [2.75, 3.05) is 6.61 Å². The van der Waals surface area contributed by atoms with E-state index in [0.29, 0.717) is 15.6 Å². The summed E-state index contributed by atoms with van der Waals surface area (Å²) in [6, 6.07) is 4.78. The maximum absolute atomic E-state index is 11.8. The van der Waals surface area contributed by atoms with Crippen molar-refractivity contribution in [3.8, 4) is 0 Å². The van der Waals surface area contributed by atoms with Crippen molar-refractivity contribution < 1.29 is 19.5 Å². The van der Waals surface area contributed by atoms with Gasteiger partial charge in [-0.05, 0) is 17.7 Å². The van der Waals surface area contributed by atoms with Crippen molar-refractivity contribution in [1.29, 1.82) is 0 Å². The number of nitrogens with one attached hydrogen (secondary N) is 1. The normalized spacial score (nSPS) is 11.0. The van der Waals surface area contributed by atoms with Crippen LogP contribution in [0.2, 0.25) is 10.0 Å². The smallest absolute Gasteiger partial charge is 0.294 e. The van der Waals surface area contributed by atoms with Crippen LogP contribution in [-0.4, -0.2) is 29.5 Å². The van der Waals surface area contributed by atoms with Crippen LogP contribution in [0.15, 0.2) is 23.2 Å². The zero-order valence-corrected chi connectivity index (χ0v) is 13.1. The summed E-state index contributed by atoms with van der Waals surface area (Å²) >= 11 is 11.9. The van der Waals surface area contributed by atoms with Crippen LogP contribution in [-0.2, 0) is 20.8 Å². The van der Waals surface area contributed by atoms with E-state index in [1.54, 1.807) is 18.2 Å². The predicted molar refractivity (Wildman–Crippen MR) is 82.5 cm³/mol. The van der Waals surface area contributed by atoms with Crippen molar-refractivity contribution in [1.82, 2.24) is 5.32 Å². The molecule has 0 saturated carbocycles. The van der Waals surface area contributed by atoms with Gasteiger partial charge in [-0.25, -0.2) is 0 Å². The minimum Gasteiger partial charge on any atom is -0.369 e. The Kier molecular flexibility index (Phi) is 7.23. The van der Waals surface area contributed by atoms with Crippen LogP contribution in [0.25, 0.3) is 0 Å². The molecule has 0 aromatic heterocycles. The van der Waals surface area contributed by atoms with Crippen LogP contribution in [0, 0.1) is 10.1 Å². The molecule has 124 valence electrons. The molecule has 0 fully saturated rings. The number of rotatable bonds is 6. The molecule has 0 aliphatic carbocycles. The van der Waals surface area contributed by atoms with E-state index in [4.69, 9.17) is 28.9 Å². The number of hydrogen-bond donors (Lipinski definition) is 2. The molecule has 0 unspecified atom stereocenters. The topological polar surface area (TPSA) is 137 Å². The highest BCUT2D eigenvalue weighted by molar-refractivity contribution is 6.36. The third-order valence-electron chi connectivity index (χ3n) is 2.42. The molecule has 9 nitrogen and oxygen atoms in total. The lowest BCUT2D eigenvalue weighted by Crippen LogP contribution is -2.38. The zero-order valence-electron chi connectivity index (χ0n) is 11.6. The van der Waals surface area contributed by atoms with Crippen molar-refractivity contribution in [3.63, 3.8) is 0 Å². The quantitative estimate of drug-likeness (QED) is 0.336. The Bertz CT molecular complexity index is 630. The highest BCUT2D eigenvalue weighted by Crippen LogP contribution is 2.24. The van der Waals surface area contributed by atoms with Gasteiger partial charge in [0, 0.05) is 10.0 Å². The number of carbonyl (C=O) groups excluding carboxylic acids is 2. The highest BCUT2D eigenvalue weighted by Gasteiger charge is 2.12. The van der Waals surface area contributed by atoms with Crippen LogP contribution >= 0.6 is 23.2 Å². The number of aliphatic imine (C=N–C) groups is 1. The number of amides is 2. The van der Waals surface area contributed by atoms with Gasteiger partial charge in [-0.1, -0.05) is 29.3 Å². The molecule has 0 heterocycles. The van der Waals surface area contributed by atoms with Gasteiger partial charge < -0.3 is 10.6 Å². The van der Waals surface area contributed by atoms with Gasteiger partial charge in [0.05, 0.1) is 12.8 Å². The summed E-state index contributed by atoms with van der Waals surface area (Å²) in [6.45, 7) is -0.453. The van der Waals surface area contributed by atoms with Gasteiger partial charge in [0.1, 0.15) is 6.61 Å². The molecule has 0 bridgehead atoms.